The molecule has 0 N–H and O–H groups in total. The first-order chi connectivity index (χ1) is 13.1. The minimum Gasteiger partial charge on any atom is -0.423 e. The lowest BCUT2D eigenvalue weighted by Crippen LogP contribution is -2.10. The lowest BCUT2D eigenvalue weighted by molar-refractivity contribution is 0.0734. The predicted octanol–water partition coefficient (Wildman–Crippen LogP) is 4.99. The number of fused-ring (bicyclic) bond motifs is 1. The molecule has 3 aromatic carbocycles. The fraction of sp³-hybridized carbons (Fsp3) is 0.0435. The van der Waals surface area contributed by atoms with E-state index in [-0.39, 0.29) is 0 Å². The minimum absolute atomic E-state index is 0.323. The second-order valence-corrected chi connectivity index (χ2v) is 6.21. The van der Waals surface area contributed by atoms with Crippen molar-refractivity contribution in [2.24, 2.45) is 0 Å². The molecule has 0 aliphatic heterocycles. The van der Waals surface area contributed by atoms with Crippen LogP contribution in [0.2, 0.25) is 0 Å². The Bertz CT molecular complexity index is 1190. The van der Waals surface area contributed by atoms with Gasteiger partial charge in [-0.05, 0) is 41.8 Å². The van der Waals surface area contributed by atoms with Crippen molar-refractivity contribution in [2.45, 2.75) is 6.92 Å². The van der Waals surface area contributed by atoms with E-state index in [1.165, 1.54) is 6.07 Å². The van der Waals surface area contributed by atoms with Crippen molar-refractivity contribution in [2.75, 3.05) is 0 Å². The van der Waals surface area contributed by atoms with Crippen molar-refractivity contribution >= 4 is 16.9 Å². The van der Waals surface area contributed by atoms with Gasteiger partial charge in [-0.1, -0.05) is 48.5 Å². The highest BCUT2D eigenvalue weighted by atomic mass is 16.5. The Morgan fingerprint density at radius 3 is 2.41 bits per heavy atom. The quantitative estimate of drug-likeness (QED) is 0.295. The van der Waals surface area contributed by atoms with Gasteiger partial charge in [0.2, 0.25) is 0 Å². The molecule has 0 saturated heterocycles. The molecule has 0 amide bonds. The largest absolute Gasteiger partial charge is 0.423 e. The molecular weight excluding hydrogens is 340 g/mol. The SMILES string of the molecule is Cc1ccccc1C(=O)Oc1ccc2c(-c3ccccc3)cc(=O)oc2c1. The summed E-state index contributed by atoms with van der Waals surface area (Å²) in [6, 6.07) is 23.3. The van der Waals surface area contributed by atoms with Gasteiger partial charge in [-0.3, -0.25) is 0 Å². The number of esters is 1. The first-order valence-electron chi connectivity index (χ1n) is 8.53. The molecule has 0 aliphatic rings. The Balaban J connectivity index is 1.74. The van der Waals surface area contributed by atoms with Crippen LogP contribution in [0.25, 0.3) is 22.1 Å². The number of carbonyl (C=O) groups excluding carboxylic acids is 1. The molecule has 4 rings (SSSR count). The van der Waals surface area contributed by atoms with Gasteiger partial charge in [0.05, 0.1) is 5.56 Å². The number of hydrogen-bond donors (Lipinski definition) is 0. The number of ether oxygens (including phenoxy) is 1. The highest BCUT2D eigenvalue weighted by molar-refractivity contribution is 5.95. The molecule has 0 radical (unpaired) electrons. The Labute approximate surface area is 155 Å². The summed E-state index contributed by atoms with van der Waals surface area (Å²) in [5.41, 5.74) is 2.94. The molecule has 1 heterocycles. The standard InChI is InChI=1S/C23H16O4/c1-15-7-5-6-10-18(15)23(25)26-17-11-12-19-20(16-8-3-2-4-9-16)14-22(24)27-21(19)13-17/h2-14H,1H3. The second kappa shape index (κ2) is 6.92. The molecule has 0 atom stereocenters. The third-order valence-electron chi connectivity index (χ3n) is 4.38. The second-order valence-electron chi connectivity index (χ2n) is 6.21. The lowest BCUT2D eigenvalue weighted by Gasteiger charge is -2.09. The molecule has 4 nitrogen and oxygen atoms in total. The summed E-state index contributed by atoms with van der Waals surface area (Å²) < 4.78 is 10.8. The van der Waals surface area contributed by atoms with Crippen molar-refractivity contribution in [1.82, 2.24) is 0 Å². The van der Waals surface area contributed by atoms with Gasteiger partial charge in [0.25, 0.3) is 0 Å². The maximum Gasteiger partial charge on any atom is 0.343 e. The van der Waals surface area contributed by atoms with Crippen LogP contribution in [0, 0.1) is 6.92 Å². The monoisotopic (exact) mass is 356 g/mol. The van der Waals surface area contributed by atoms with Gasteiger partial charge in [-0.2, -0.15) is 0 Å². The smallest absolute Gasteiger partial charge is 0.343 e. The summed E-state index contributed by atoms with van der Waals surface area (Å²) in [4.78, 5) is 24.4. The maximum atomic E-state index is 12.4. The van der Waals surface area contributed by atoms with Crippen molar-refractivity contribution < 1.29 is 13.9 Å². The van der Waals surface area contributed by atoms with E-state index < -0.39 is 11.6 Å². The molecule has 4 aromatic rings. The number of rotatable bonds is 3. The van der Waals surface area contributed by atoms with Crippen LogP contribution in [0.1, 0.15) is 15.9 Å². The number of hydrogen-bond acceptors (Lipinski definition) is 4. The van der Waals surface area contributed by atoms with Crippen LogP contribution in [0.15, 0.2) is 88.1 Å². The summed E-state index contributed by atoms with van der Waals surface area (Å²) >= 11 is 0. The molecule has 132 valence electrons. The minimum atomic E-state index is -0.455. The van der Waals surface area contributed by atoms with Crippen LogP contribution in [0.3, 0.4) is 0 Å². The zero-order chi connectivity index (χ0) is 18.8. The third kappa shape index (κ3) is 3.37. The van der Waals surface area contributed by atoms with Crippen LogP contribution < -0.4 is 10.4 Å². The highest BCUT2D eigenvalue weighted by Crippen LogP contribution is 2.29. The van der Waals surface area contributed by atoms with E-state index in [9.17, 15) is 9.59 Å². The summed E-state index contributed by atoms with van der Waals surface area (Å²) in [5.74, 6) is -0.127. The molecule has 0 fully saturated rings. The maximum absolute atomic E-state index is 12.4. The van der Waals surface area contributed by atoms with E-state index in [0.29, 0.717) is 16.9 Å². The highest BCUT2D eigenvalue weighted by Gasteiger charge is 2.13. The number of benzene rings is 3. The summed E-state index contributed by atoms with van der Waals surface area (Å²) in [6.07, 6.45) is 0. The van der Waals surface area contributed by atoms with E-state index in [2.05, 4.69) is 0 Å². The number of aryl methyl sites for hydroxylation is 1. The van der Waals surface area contributed by atoms with Gasteiger partial charge < -0.3 is 9.15 Å². The molecule has 0 bridgehead atoms. The van der Waals surface area contributed by atoms with E-state index >= 15 is 0 Å². The Hall–Kier alpha value is -3.66. The van der Waals surface area contributed by atoms with Gasteiger partial charge in [0, 0.05) is 17.5 Å². The van der Waals surface area contributed by atoms with Crippen molar-refractivity contribution in [3.05, 3.63) is 100 Å². The molecular formula is C23H16O4. The fourth-order valence-electron chi connectivity index (χ4n) is 3.03. The normalized spacial score (nSPS) is 10.7. The van der Waals surface area contributed by atoms with Crippen LogP contribution >= 0.6 is 0 Å². The van der Waals surface area contributed by atoms with Gasteiger partial charge >= 0.3 is 11.6 Å². The van der Waals surface area contributed by atoms with Gasteiger partial charge in [-0.15, -0.1) is 0 Å². The first-order valence-corrected chi connectivity index (χ1v) is 8.53. The Morgan fingerprint density at radius 2 is 1.63 bits per heavy atom. The topological polar surface area (TPSA) is 56.5 Å². The Morgan fingerprint density at radius 1 is 0.889 bits per heavy atom. The van der Waals surface area contributed by atoms with Gasteiger partial charge in [0.1, 0.15) is 11.3 Å². The molecule has 0 aliphatic carbocycles. The third-order valence-corrected chi connectivity index (χ3v) is 4.38. The zero-order valence-corrected chi connectivity index (χ0v) is 14.6. The molecule has 1 aromatic heterocycles. The molecule has 0 unspecified atom stereocenters. The van der Waals surface area contributed by atoms with E-state index in [4.69, 9.17) is 9.15 Å². The predicted molar refractivity (Wildman–Crippen MR) is 104 cm³/mol. The fourth-order valence-corrected chi connectivity index (χ4v) is 3.03. The van der Waals surface area contributed by atoms with Crippen molar-refractivity contribution in [1.29, 1.82) is 0 Å². The van der Waals surface area contributed by atoms with Gasteiger partial charge in [0.15, 0.2) is 0 Å². The average Bonchev–Trinajstić information content (AvgIpc) is 2.68. The average molecular weight is 356 g/mol. The van der Waals surface area contributed by atoms with Crippen molar-refractivity contribution in [3.8, 4) is 16.9 Å². The van der Waals surface area contributed by atoms with Crippen LogP contribution in [-0.2, 0) is 0 Å². The number of carbonyl (C=O) groups is 1. The van der Waals surface area contributed by atoms with Crippen molar-refractivity contribution in [3.63, 3.8) is 0 Å². The van der Waals surface area contributed by atoms with E-state index in [1.54, 1.807) is 30.3 Å². The molecule has 0 saturated carbocycles. The lowest BCUT2D eigenvalue weighted by atomic mass is 10.0. The Kier molecular flexibility index (Phi) is 4.30. The summed E-state index contributed by atoms with van der Waals surface area (Å²) in [5, 5.41) is 0.775. The zero-order valence-electron chi connectivity index (χ0n) is 14.6. The molecule has 27 heavy (non-hydrogen) atoms. The van der Waals surface area contributed by atoms with Crippen LogP contribution in [0.4, 0.5) is 0 Å². The summed E-state index contributed by atoms with van der Waals surface area (Å²) in [6.45, 7) is 1.85. The molecule has 4 heteroatoms. The van der Waals surface area contributed by atoms with Crippen LogP contribution in [0.5, 0.6) is 5.75 Å². The van der Waals surface area contributed by atoms with E-state index in [1.807, 2.05) is 49.4 Å². The van der Waals surface area contributed by atoms with Crippen LogP contribution in [-0.4, -0.2) is 5.97 Å². The first kappa shape index (κ1) is 16.8. The van der Waals surface area contributed by atoms with E-state index in [0.717, 1.165) is 22.1 Å². The summed E-state index contributed by atoms with van der Waals surface area (Å²) in [7, 11) is 0. The van der Waals surface area contributed by atoms with Gasteiger partial charge in [-0.25, -0.2) is 9.59 Å². The molecule has 0 spiro atoms.